The van der Waals surface area contributed by atoms with E-state index in [1.807, 2.05) is 0 Å². The van der Waals surface area contributed by atoms with E-state index in [2.05, 4.69) is 68.1 Å². The van der Waals surface area contributed by atoms with Crippen LogP contribution in [0.5, 0.6) is 0 Å². The molecule has 0 saturated carbocycles. The lowest BCUT2D eigenvalue weighted by Gasteiger charge is -2.32. The van der Waals surface area contributed by atoms with Gasteiger partial charge in [-0.2, -0.15) is 0 Å². The van der Waals surface area contributed by atoms with Gasteiger partial charge in [-0.1, -0.05) is 68.1 Å². The Balaban J connectivity index is 1.87. The predicted molar refractivity (Wildman–Crippen MR) is 90.0 cm³/mol. The Hall–Kier alpha value is -2.08. The Bertz CT molecular complexity index is 763. The van der Waals surface area contributed by atoms with Crippen molar-refractivity contribution in [2.75, 3.05) is 0 Å². The predicted octanol–water partition coefficient (Wildman–Crippen LogP) is 5.29. The smallest absolute Gasteiger partial charge is 0.0243 e. The van der Waals surface area contributed by atoms with Crippen molar-refractivity contribution < 1.29 is 0 Å². The summed E-state index contributed by atoms with van der Waals surface area (Å²) in [7, 11) is 0. The van der Waals surface area contributed by atoms with Crippen molar-refractivity contribution in [1.82, 2.24) is 0 Å². The van der Waals surface area contributed by atoms with Gasteiger partial charge in [-0.15, -0.1) is 0 Å². The summed E-state index contributed by atoms with van der Waals surface area (Å²) in [4.78, 5) is 0. The third-order valence-corrected chi connectivity index (χ3v) is 5.37. The maximum atomic E-state index is 4.50. The zero-order chi connectivity index (χ0) is 14.4. The Kier molecular flexibility index (Phi) is 2.68. The van der Waals surface area contributed by atoms with Crippen molar-refractivity contribution in [3.05, 3.63) is 83.4 Å². The van der Waals surface area contributed by atoms with E-state index in [1.165, 1.54) is 33.4 Å². The van der Waals surface area contributed by atoms with Crippen LogP contribution in [0.1, 0.15) is 35.6 Å². The second-order valence-corrected chi connectivity index (χ2v) is 6.23. The quantitative estimate of drug-likeness (QED) is 0.696. The molecule has 21 heavy (non-hydrogen) atoms. The van der Waals surface area contributed by atoms with Gasteiger partial charge in [-0.3, -0.25) is 0 Å². The molecule has 1 unspecified atom stereocenters. The zero-order valence-electron chi connectivity index (χ0n) is 12.5. The molecule has 0 N–H and O–H groups in total. The monoisotopic (exact) mass is 272 g/mol. The molecule has 2 aromatic carbocycles. The summed E-state index contributed by atoms with van der Waals surface area (Å²) in [5, 5.41) is 0. The molecule has 104 valence electrons. The minimum atomic E-state index is 0.0935. The molecule has 0 radical (unpaired) electrons. The van der Waals surface area contributed by atoms with Crippen molar-refractivity contribution in [2.45, 2.75) is 26.2 Å². The van der Waals surface area contributed by atoms with E-state index >= 15 is 0 Å². The summed E-state index contributed by atoms with van der Waals surface area (Å²) in [6.07, 6.45) is 5.71. The molecule has 2 aliphatic carbocycles. The summed E-state index contributed by atoms with van der Waals surface area (Å²) in [6.45, 7) is 6.80. The van der Waals surface area contributed by atoms with Crippen LogP contribution in [0, 0.1) is 5.41 Å². The van der Waals surface area contributed by atoms with E-state index in [0.29, 0.717) is 0 Å². The first-order valence-electron chi connectivity index (χ1n) is 7.83. The summed E-state index contributed by atoms with van der Waals surface area (Å²) in [5.74, 6) is 0. The molecule has 0 heteroatoms. The highest BCUT2D eigenvalue weighted by atomic mass is 14.5. The molecular weight excluding hydrogens is 252 g/mol. The van der Waals surface area contributed by atoms with Crippen LogP contribution in [-0.2, 0) is 12.8 Å². The lowest BCUT2D eigenvalue weighted by molar-refractivity contribution is 0.530. The number of rotatable bonds is 2. The zero-order valence-corrected chi connectivity index (χ0v) is 12.5. The number of hydrogen-bond acceptors (Lipinski definition) is 0. The van der Waals surface area contributed by atoms with E-state index in [-0.39, 0.29) is 5.41 Å². The first-order chi connectivity index (χ1) is 10.3. The fraction of sp³-hybridized carbons (Fsp3) is 0.238. The Morgan fingerprint density at radius 2 is 1.62 bits per heavy atom. The molecule has 0 amide bonds. The summed E-state index contributed by atoms with van der Waals surface area (Å²) >= 11 is 0. The highest BCUT2D eigenvalue weighted by Gasteiger charge is 2.43. The highest BCUT2D eigenvalue weighted by molar-refractivity contribution is 5.92. The van der Waals surface area contributed by atoms with Gasteiger partial charge in [0.2, 0.25) is 0 Å². The maximum Gasteiger partial charge on any atom is 0.0243 e. The molecule has 0 heterocycles. The molecule has 1 atom stereocenters. The number of hydrogen-bond donors (Lipinski definition) is 0. The van der Waals surface area contributed by atoms with E-state index in [4.69, 9.17) is 0 Å². The molecule has 0 fully saturated rings. The molecular formula is C21H20. The average molecular weight is 272 g/mol. The molecule has 0 aromatic heterocycles. The molecule has 0 spiro atoms. The lowest BCUT2D eigenvalue weighted by atomic mass is 9.71. The maximum absolute atomic E-state index is 4.50. The average Bonchev–Trinajstić information content (AvgIpc) is 3.08. The summed E-state index contributed by atoms with van der Waals surface area (Å²) in [5.41, 5.74) is 8.62. The van der Waals surface area contributed by atoms with Gasteiger partial charge in [0.15, 0.2) is 0 Å². The number of allylic oxidation sites excluding steroid dienone is 3. The van der Waals surface area contributed by atoms with Crippen molar-refractivity contribution in [3.8, 4) is 0 Å². The van der Waals surface area contributed by atoms with Crippen LogP contribution in [0.2, 0.25) is 0 Å². The minimum Gasteiger partial charge on any atom is -0.0943 e. The van der Waals surface area contributed by atoms with Crippen LogP contribution in [0.4, 0.5) is 0 Å². The second-order valence-electron chi connectivity index (χ2n) is 6.23. The lowest BCUT2D eigenvalue weighted by Crippen LogP contribution is -2.20. The fourth-order valence-electron chi connectivity index (χ4n) is 4.18. The number of benzene rings is 2. The first kappa shape index (κ1) is 12.6. The molecule has 0 saturated heterocycles. The van der Waals surface area contributed by atoms with E-state index in [9.17, 15) is 0 Å². The third-order valence-electron chi connectivity index (χ3n) is 5.37. The molecule has 4 rings (SSSR count). The van der Waals surface area contributed by atoms with Gasteiger partial charge in [0.1, 0.15) is 0 Å². The van der Waals surface area contributed by atoms with Crippen molar-refractivity contribution in [2.24, 2.45) is 5.41 Å². The summed E-state index contributed by atoms with van der Waals surface area (Å²) < 4.78 is 0. The van der Waals surface area contributed by atoms with Crippen LogP contribution < -0.4 is 0 Å². The second kappa shape index (κ2) is 4.46. The molecule has 0 bridgehead atoms. The van der Waals surface area contributed by atoms with Crippen molar-refractivity contribution in [1.29, 1.82) is 0 Å². The largest absolute Gasteiger partial charge is 0.0943 e. The Morgan fingerprint density at radius 3 is 2.33 bits per heavy atom. The molecule has 2 aliphatic rings. The number of fused-ring (bicyclic) bond motifs is 2. The normalized spacial score (nSPS) is 22.9. The minimum absolute atomic E-state index is 0.0935. The standard InChI is InChI=1S/C21H20/c1-3-21(14-17-9-5-6-10-18(17)15(21)2)20-13-12-16-8-4-7-11-19(16)20/h4-11,13H,2-3,12,14H2,1H3. The van der Waals surface area contributed by atoms with Gasteiger partial charge in [-0.05, 0) is 52.7 Å². The van der Waals surface area contributed by atoms with E-state index in [0.717, 1.165) is 19.3 Å². The topological polar surface area (TPSA) is 0 Å². The van der Waals surface area contributed by atoms with Crippen LogP contribution in [0.25, 0.3) is 11.1 Å². The fourth-order valence-corrected chi connectivity index (χ4v) is 4.18. The van der Waals surface area contributed by atoms with Crippen LogP contribution in [0.15, 0.2) is 61.2 Å². The van der Waals surface area contributed by atoms with Crippen LogP contribution in [-0.4, -0.2) is 0 Å². The SMILES string of the molecule is C=C1c2ccccc2CC1(CC)C1=CCc2ccccc21. The van der Waals surface area contributed by atoms with Crippen molar-refractivity contribution in [3.63, 3.8) is 0 Å². The van der Waals surface area contributed by atoms with Gasteiger partial charge in [0.05, 0.1) is 0 Å². The van der Waals surface area contributed by atoms with E-state index in [1.54, 1.807) is 0 Å². The highest BCUT2D eigenvalue weighted by Crippen LogP contribution is 2.57. The molecule has 2 aromatic rings. The van der Waals surface area contributed by atoms with Crippen LogP contribution in [0.3, 0.4) is 0 Å². The van der Waals surface area contributed by atoms with Gasteiger partial charge >= 0.3 is 0 Å². The summed E-state index contributed by atoms with van der Waals surface area (Å²) in [6, 6.07) is 17.6. The van der Waals surface area contributed by atoms with Crippen LogP contribution >= 0.6 is 0 Å². The van der Waals surface area contributed by atoms with E-state index < -0.39 is 0 Å². The van der Waals surface area contributed by atoms with Gasteiger partial charge in [-0.25, -0.2) is 0 Å². The Morgan fingerprint density at radius 1 is 0.952 bits per heavy atom. The van der Waals surface area contributed by atoms with Crippen molar-refractivity contribution >= 4 is 11.1 Å². The van der Waals surface area contributed by atoms with Gasteiger partial charge in [0, 0.05) is 5.41 Å². The molecule has 0 nitrogen and oxygen atoms in total. The molecule has 0 aliphatic heterocycles. The van der Waals surface area contributed by atoms with Gasteiger partial charge in [0.25, 0.3) is 0 Å². The first-order valence-corrected chi connectivity index (χ1v) is 7.83. The third kappa shape index (κ3) is 1.62. The Labute approximate surface area is 126 Å². The van der Waals surface area contributed by atoms with Gasteiger partial charge < -0.3 is 0 Å².